The van der Waals surface area contributed by atoms with Gasteiger partial charge >= 0.3 is 0 Å². The number of ether oxygens (including phenoxy) is 1. The Labute approximate surface area is 68.7 Å². The highest BCUT2D eigenvalue weighted by Crippen LogP contribution is 1.96. The van der Waals surface area contributed by atoms with Gasteiger partial charge in [0.05, 0.1) is 17.1 Å². The quantitative estimate of drug-likeness (QED) is 0.403. The highest BCUT2D eigenvalue weighted by atomic mass is 32.2. The Kier molecular flexibility index (Phi) is 5.82. The summed E-state index contributed by atoms with van der Waals surface area (Å²) >= 11 is -5.15. The third kappa shape index (κ3) is 6.53. The maximum atomic E-state index is 9.99. The van der Waals surface area contributed by atoms with Crippen LogP contribution in [0.1, 0.15) is 0 Å². The van der Waals surface area contributed by atoms with Crippen LogP contribution in [0.4, 0.5) is 0 Å². The van der Waals surface area contributed by atoms with Crippen molar-refractivity contribution >= 4 is 22.4 Å². The molecule has 0 rings (SSSR count). The van der Waals surface area contributed by atoms with Crippen LogP contribution in [-0.4, -0.2) is 36.7 Å². The lowest BCUT2D eigenvalue weighted by Gasteiger charge is -2.17. The van der Waals surface area contributed by atoms with E-state index in [2.05, 4.69) is 8.92 Å². The van der Waals surface area contributed by atoms with E-state index in [-0.39, 0.29) is 0 Å². The summed E-state index contributed by atoms with van der Waals surface area (Å²) in [5.74, 6) is -0.509. The van der Waals surface area contributed by atoms with Gasteiger partial charge in [0.25, 0.3) is 0 Å². The van der Waals surface area contributed by atoms with Crippen LogP contribution in [0.15, 0.2) is 0 Å². The van der Waals surface area contributed by atoms with E-state index in [1.807, 2.05) is 0 Å². The van der Waals surface area contributed by atoms with Crippen molar-refractivity contribution in [1.29, 1.82) is 0 Å². The number of hydrogen-bond acceptors (Lipinski definition) is 6. The first-order chi connectivity index (χ1) is 5.06. The van der Waals surface area contributed by atoms with Gasteiger partial charge in [0, 0.05) is 7.11 Å². The molecule has 0 saturated carbocycles. The lowest BCUT2D eigenvalue weighted by molar-refractivity contribution is -0.0326. The molecular weight excluding hydrogens is 196 g/mol. The van der Waals surface area contributed by atoms with Crippen LogP contribution >= 0.6 is 0 Å². The first-order valence-electron chi connectivity index (χ1n) is 2.41. The Morgan fingerprint density at radius 1 is 1.45 bits per heavy atom. The SMILES string of the molecule is COC(CS(=O)[O-])OS(=O)[O-]. The van der Waals surface area contributed by atoms with E-state index in [1.54, 1.807) is 0 Å². The van der Waals surface area contributed by atoms with Crippen LogP contribution in [0.2, 0.25) is 0 Å². The van der Waals surface area contributed by atoms with Crippen LogP contribution in [0.3, 0.4) is 0 Å². The zero-order chi connectivity index (χ0) is 8.85. The fourth-order valence-corrected chi connectivity index (χ4v) is 1.17. The highest BCUT2D eigenvalue weighted by molar-refractivity contribution is 7.79. The topological polar surface area (TPSA) is 98.7 Å². The highest BCUT2D eigenvalue weighted by Gasteiger charge is 2.07. The van der Waals surface area contributed by atoms with Gasteiger partial charge in [-0.25, -0.2) is 4.21 Å². The van der Waals surface area contributed by atoms with Crippen LogP contribution in [-0.2, 0) is 31.4 Å². The lowest BCUT2D eigenvalue weighted by Crippen LogP contribution is -2.23. The Morgan fingerprint density at radius 3 is 2.27 bits per heavy atom. The molecule has 3 unspecified atom stereocenters. The monoisotopic (exact) mass is 202 g/mol. The average Bonchev–Trinajstić information content (AvgIpc) is 1.84. The molecule has 0 fully saturated rings. The molecule has 0 aliphatic heterocycles. The predicted octanol–water partition coefficient (Wildman–Crippen LogP) is -1.35. The van der Waals surface area contributed by atoms with E-state index in [1.165, 1.54) is 0 Å². The second-order valence-corrected chi connectivity index (χ2v) is 2.98. The molecule has 0 radical (unpaired) electrons. The number of hydrogen-bond donors (Lipinski definition) is 0. The summed E-state index contributed by atoms with van der Waals surface area (Å²) < 4.78 is 48.0. The Balaban J connectivity index is 3.76. The van der Waals surface area contributed by atoms with E-state index in [9.17, 15) is 17.5 Å². The largest absolute Gasteiger partial charge is 0.772 e. The molecule has 0 aromatic heterocycles. The molecule has 3 atom stereocenters. The molecule has 0 spiro atoms. The number of methoxy groups -OCH3 is 1. The van der Waals surface area contributed by atoms with Gasteiger partial charge in [0.15, 0.2) is 6.29 Å². The molecule has 11 heavy (non-hydrogen) atoms. The maximum Gasteiger partial charge on any atom is 0.182 e. The van der Waals surface area contributed by atoms with Crippen molar-refractivity contribution in [3.8, 4) is 0 Å². The molecule has 8 heteroatoms. The molecule has 68 valence electrons. The maximum absolute atomic E-state index is 9.99. The standard InChI is InChI=1S/C3H8O6S2/c1-8-3(2-10(4)5)9-11(6)7/h3H,2H2,1H3,(H,4,5)(H,6,7)/p-2. The minimum Gasteiger partial charge on any atom is -0.772 e. The van der Waals surface area contributed by atoms with Crippen LogP contribution in [0.5, 0.6) is 0 Å². The first-order valence-corrected chi connectivity index (χ1v) is 4.65. The minimum atomic E-state index is -2.76. The van der Waals surface area contributed by atoms with Crippen molar-refractivity contribution < 1.29 is 26.4 Å². The van der Waals surface area contributed by atoms with Gasteiger partial charge in [-0.2, -0.15) is 0 Å². The molecule has 0 saturated heterocycles. The van der Waals surface area contributed by atoms with Crippen molar-refractivity contribution in [3.05, 3.63) is 0 Å². The molecule has 6 nitrogen and oxygen atoms in total. The zero-order valence-electron chi connectivity index (χ0n) is 5.55. The summed E-state index contributed by atoms with van der Waals surface area (Å²) in [5, 5.41) is 0. The van der Waals surface area contributed by atoms with E-state index in [0.717, 1.165) is 7.11 Å². The van der Waals surface area contributed by atoms with Crippen LogP contribution < -0.4 is 0 Å². The van der Waals surface area contributed by atoms with Gasteiger partial charge in [0.2, 0.25) is 0 Å². The molecule has 0 aromatic carbocycles. The molecule has 0 aromatic rings. The van der Waals surface area contributed by atoms with Gasteiger partial charge in [-0.3, -0.25) is 8.39 Å². The molecule has 0 aliphatic rings. The second-order valence-electron chi connectivity index (χ2n) is 1.44. The van der Waals surface area contributed by atoms with Gasteiger partial charge < -0.3 is 13.8 Å². The zero-order valence-corrected chi connectivity index (χ0v) is 7.18. The fraction of sp³-hybridized carbons (Fsp3) is 1.00. The van der Waals surface area contributed by atoms with Gasteiger partial charge in [-0.15, -0.1) is 0 Å². The Hall–Kier alpha value is 0.140. The average molecular weight is 202 g/mol. The third-order valence-electron chi connectivity index (χ3n) is 0.721. The summed E-state index contributed by atoms with van der Waals surface area (Å²) in [4.78, 5) is 0. The summed E-state index contributed by atoms with van der Waals surface area (Å²) in [6, 6.07) is 0. The van der Waals surface area contributed by atoms with Crippen LogP contribution in [0, 0.1) is 0 Å². The molecule has 0 bridgehead atoms. The van der Waals surface area contributed by atoms with Crippen molar-refractivity contribution in [2.24, 2.45) is 0 Å². The van der Waals surface area contributed by atoms with Gasteiger partial charge in [0.1, 0.15) is 0 Å². The smallest absolute Gasteiger partial charge is 0.182 e. The lowest BCUT2D eigenvalue weighted by atomic mass is 10.8. The van der Waals surface area contributed by atoms with E-state index < -0.39 is 34.5 Å². The Morgan fingerprint density at radius 2 is 2.00 bits per heavy atom. The molecular formula is C3H6O6S2-2. The van der Waals surface area contributed by atoms with E-state index in [4.69, 9.17) is 0 Å². The van der Waals surface area contributed by atoms with Crippen molar-refractivity contribution in [2.75, 3.05) is 12.9 Å². The summed E-state index contributed by atoms with van der Waals surface area (Å²) in [7, 11) is 1.14. The summed E-state index contributed by atoms with van der Waals surface area (Å²) in [6.07, 6.45) is -1.26. The normalized spacial score (nSPS) is 19.2. The molecule has 0 heterocycles. The van der Waals surface area contributed by atoms with Gasteiger partial charge in [-0.1, -0.05) is 11.1 Å². The summed E-state index contributed by atoms with van der Waals surface area (Å²) in [6.45, 7) is 0. The van der Waals surface area contributed by atoms with Gasteiger partial charge in [-0.05, 0) is 0 Å². The number of rotatable bonds is 5. The van der Waals surface area contributed by atoms with Crippen molar-refractivity contribution in [1.82, 2.24) is 0 Å². The van der Waals surface area contributed by atoms with Crippen LogP contribution in [0.25, 0.3) is 0 Å². The fourth-order valence-electron chi connectivity index (χ4n) is 0.334. The van der Waals surface area contributed by atoms with Crippen molar-refractivity contribution in [3.63, 3.8) is 0 Å². The molecule has 0 N–H and O–H groups in total. The molecule has 0 amide bonds. The predicted molar refractivity (Wildman–Crippen MR) is 34.6 cm³/mol. The van der Waals surface area contributed by atoms with E-state index >= 15 is 0 Å². The minimum absolute atomic E-state index is 0.509. The van der Waals surface area contributed by atoms with E-state index in [0.29, 0.717) is 0 Å². The first kappa shape index (κ1) is 11.1. The Bertz CT molecular complexity index is 142. The summed E-state index contributed by atoms with van der Waals surface area (Å²) in [5.41, 5.74) is 0. The van der Waals surface area contributed by atoms with Crippen molar-refractivity contribution in [2.45, 2.75) is 6.29 Å². The molecule has 0 aliphatic carbocycles. The third-order valence-corrected chi connectivity index (χ3v) is 1.64. The second kappa shape index (κ2) is 5.75.